The van der Waals surface area contributed by atoms with Crippen molar-refractivity contribution in [1.82, 2.24) is 9.78 Å². The summed E-state index contributed by atoms with van der Waals surface area (Å²) in [6.45, 7) is 7.01. The van der Waals surface area contributed by atoms with Crippen LogP contribution >= 0.6 is 15.9 Å². The van der Waals surface area contributed by atoms with Crippen molar-refractivity contribution in [1.29, 1.82) is 0 Å². The van der Waals surface area contributed by atoms with Gasteiger partial charge in [0.1, 0.15) is 12.4 Å². The first-order valence-electron chi connectivity index (χ1n) is 6.65. The Balaban J connectivity index is 2.18. The summed E-state index contributed by atoms with van der Waals surface area (Å²) < 4.78 is 8.71. The van der Waals surface area contributed by atoms with Crippen molar-refractivity contribution in [2.75, 3.05) is 0 Å². The molecule has 1 heterocycles. The van der Waals surface area contributed by atoms with Gasteiger partial charge in [-0.1, -0.05) is 15.9 Å². The molecule has 0 aliphatic rings. The first kappa shape index (κ1) is 15.1. The van der Waals surface area contributed by atoms with Gasteiger partial charge in [0.05, 0.1) is 17.5 Å². The average Bonchev–Trinajstić information content (AvgIpc) is 2.77. The van der Waals surface area contributed by atoms with E-state index in [2.05, 4.69) is 28.0 Å². The number of nitrogens with zero attached hydrogens (tertiary/aromatic N) is 2. The average molecular weight is 339 g/mol. The quantitative estimate of drug-likeness (QED) is 0.905. The zero-order chi connectivity index (χ0) is 14.7. The van der Waals surface area contributed by atoms with Gasteiger partial charge in [0.25, 0.3) is 0 Å². The highest BCUT2D eigenvalue weighted by Crippen LogP contribution is 2.29. The van der Waals surface area contributed by atoms with Gasteiger partial charge in [-0.3, -0.25) is 4.68 Å². The number of aliphatic hydroxyl groups excluding tert-OH is 1. The highest BCUT2D eigenvalue weighted by molar-refractivity contribution is 9.10. The molecule has 0 fully saturated rings. The number of hydrogen-bond acceptors (Lipinski definition) is 3. The molecule has 0 saturated heterocycles. The maximum absolute atomic E-state index is 9.81. The predicted molar refractivity (Wildman–Crippen MR) is 81.7 cm³/mol. The zero-order valence-corrected chi connectivity index (χ0v) is 13.5. The maximum atomic E-state index is 9.81. The molecule has 0 radical (unpaired) electrons. The summed E-state index contributed by atoms with van der Waals surface area (Å²) in [6, 6.07) is 7.67. The summed E-state index contributed by atoms with van der Waals surface area (Å²) in [4.78, 5) is 0. The number of aliphatic hydroxyl groups is 1. The van der Waals surface area contributed by atoms with Gasteiger partial charge in [0, 0.05) is 16.6 Å². The summed E-state index contributed by atoms with van der Waals surface area (Å²) in [7, 11) is 0. The lowest BCUT2D eigenvalue weighted by atomic mass is 10.1. The fraction of sp³-hybridized carbons (Fsp3) is 0.400. The van der Waals surface area contributed by atoms with E-state index >= 15 is 0 Å². The molecule has 0 aliphatic heterocycles. The highest BCUT2D eigenvalue weighted by atomic mass is 79.9. The van der Waals surface area contributed by atoms with Crippen LogP contribution in [0, 0.1) is 6.92 Å². The third-order valence-electron chi connectivity index (χ3n) is 3.08. The lowest BCUT2D eigenvalue weighted by Crippen LogP contribution is -2.07. The van der Waals surface area contributed by atoms with Crippen LogP contribution in [0.25, 0.3) is 0 Å². The Hall–Kier alpha value is -1.33. The van der Waals surface area contributed by atoms with Crippen LogP contribution in [0.2, 0.25) is 0 Å². The van der Waals surface area contributed by atoms with Gasteiger partial charge in [-0.05, 0) is 45.0 Å². The molecular weight excluding hydrogens is 320 g/mol. The molecule has 108 valence electrons. The third-order valence-corrected chi connectivity index (χ3v) is 3.58. The van der Waals surface area contributed by atoms with Crippen LogP contribution < -0.4 is 4.74 Å². The molecule has 0 amide bonds. The second-order valence-corrected chi connectivity index (χ2v) is 5.66. The van der Waals surface area contributed by atoms with Gasteiger partial charge < -0.3 is 9.84 Å². The van der Waals surface area contributed by atoms with E-state index in [9.17, 15) is 5.11 Å². The lowest BCUT2D eigenvalue weighted by molar-refractivity contribution is 0.189. The van der Waals surface area contributed by atoms with E-state index in [4.69, 9.17) is 4.74 Å². The Bertz CT molecular complexity index is 594. The van der Waals surface area contributed by atoms with Crippen LogP contribution in [0.15, 0.2) is 28.7 Å². The van der Waals surface area contributed by atoms with E-state index in [0.717, 1.165) is 28.0 Å². The fourth-order valence-corrected chi connectivity index (χ4v) is 2.50. The largest absolute Gasteiger partial charge is 0.487 e. The topological polar surface area (TPSA) is 47.3 Å². The van der Waals surface area contributed by atoms with Gasteiger partial charge in [0.15, 0.2) is 0 Å². The minimum absolute atomic E-state index is 0.441. The second-order valence-electron chi connectivity index (χ2n) is 4.74. The van der Waals surface area contributed by atoms with E-state index in [0.29, 0.717) is 12.4 Å². The normalized spacial score (nSPS) is 12.4. The van der Waals surface area contributed by atoms with E-state index in [1.807, 2.05) is 35.9 Å². The zero-order valence-electron chi connectivity index (χ0n) is 11.9. The van der Waals surface area contributed by atoms with Crippen LogP contribution in [0.3, 0.4) is 0 Å². The standard InChI is InChI=1S/C15H19BrN2O2/c1-4-18-13(7-10(2)17-18)9-20-15-6-5-12(16)8-14(15)11(3)19/h5-8,11,19H,4,9H2,1-3H3. The Kier molecular flexibility index (Phi) is 4.83. The number of aromatic nitrogens is 2. The summed E-state index contributed by atoms with van der Waals surface area (Å²) in [5.74, 6) is 0.699. The Morgan fingerprint density at radius 1 is 1.40 bits per heavy atom. The Morgan fingerprint density at radius 3 is 2.80 bits per heavy atom. The van der Waals surface area contributed by atoms with Gasteiger partial charge in [-0.2, -0.15) is 5.10 Å². The molecule has 0 bridgehead atoms. The lowest BCUT2D eigenvalue weighted by Gasteiger charge is -2.14. The second kappa shape index (κ2) is 6.41. The summed E-state index contributed by atoms with van der Waals surface area (Å²) in [5.41, 5.74) is 2.79. The van der Waals surface area contributed by atoms with Crippen molar-refractivity contribution in [2.24, 2.45) is 0 Å². The van der Waals surface area contributed by atoms with Gasteiger partial charge >= 0.3 is 0 Å². The number of rotatable bonds is 5. The van der Waals surface area contributed by atoms with Crippen LogP contribution in [0.1, 0.15) is 36.9 Å². The van der Waals surface area contributed by atoms with Crippen molar-refractivity contribution in [2.45, 2.75) is 40.0 Å². The summed E-state index contributed by atoms with van der Waals surface area (Å²) >= 11 is 3.41. The van der Waals surface area contributed by atoms with Crippen LogP contribution in [0.5, 0.6) is 5.75 Å². The number of ether oxygens (including phenoxy) is 1. The van der Waals surface area contributed by atoms with Crippen molar-refractivity contribution in [3.05, 3.63) is 45.7 Å². The minimum atomic E-state index is -0.569. The summed E-state index contributed by atoms with van der Waals surface area (Å²) in [5, 5.41) is 14.2. The summed E-state index contributed by atoms with van der Waals surface area (Å²) in [6.07, 6.45) is -0.569. The maximum Gasteiger partial charge on any atom is 0.130 e. The monoisotopic (exact) mass is 338 g/mol. The van der Waals surface area contributed by atoms with Gasteiger partial charge in [-0.25, -0.2) is 0 Å². The van der Waals surface area contributed by atoms with Crippen molar-refractivity contribution in [3.63, 3.8) is 0 Å². The van der Waals surface area contributed by atoms with Crippen molar-refractivity contribution < 1.29 is 9.84 Å². The first-order chi connectivity index (χ1) is 9.51. The Labute approximate surface area is 127 Å². The molecule has 1 aromatic heterocycles. The smallest absolute Gasteiger partial charge is 0.130 e. The molecule has 1 aromatic carbocycles. The number of hydrogen-bond donors (Lipinski definition) is 1. The highest BCUT2D eigenvalue weighted by Gasteiger charge is 2.11. The van der Waals surface area contributed by atoms with Crippen molar-refractivity contribution in [3.8, 4) is 5.75 Å². The van der Waals surface area contributed by atoms with Crippen LogP contribution in [-0.2, 0) is 13.2 Å². The first-order valence-corrected chi connectivity index (χ1v) is 7.44. The van der Waals surface area contributed by atoms with E-state index in [1.54, 1.807) is 6.92 Å². The molecule has 0 saturated carbocycles. The Morgan fingerprint density at radius 2 is 2.15 bits per heavy atom. The number of aryl methyl sites for hydroxylation is 2. The van der Waals surface area contributed by atoms with Crippen LogP contribution in [-0.4, -0.2) is 14.9 Å². The molecular formula is C15H19BrN2O2. The number of halogens is 1. The fourth-order valence-electron chi connectivity index (χ4n) is 2.12. The van der Waals surface area contributed by atoms with Crippen LogP contribution in [0.4, 0.5) is 0 Å². The molecule has 5 heteroatoms. The van der Waals surface area contributed by atoms with E-state index in [1.165, 1.54) is 0 Å². The molecule has 0 aliphatic carbocycles. The van der Waals surface area contributed by atoms with E-state index in [-0.39, 0.29) is 0 Å². The number of benzene rings is 1. The van der Waals surface area contributed by atoms with Crippen molar-refractivity contribution >= 4 is 15.9 Å². The molecule has 2 rings (SSSR count). The molecule has 4 nitrogen and oxygen atoms in total. The van der Waals surface area contributed by atoms with Gasteiger partial charge in [0.2, 0.25) is 0 Å². The predicted octanol–water partition coefficient (Wildman–Crippen LogP) is 3.61. The molecule has 1 N–H and O–H groups in total. The molecule has 20 heavy (non-hydrogen) atoms. The SMILES string of the molecule is CCn1nc(C)cc1COc1ccc(Br)cc1C(C)O. The molecule has 1 unspecified atom stereocenters. The molecule has 1 atom stereocenters. The minimum Gasteiger partial charge on any atom is -0.487 e. The van der Waals surface area contributed by atoms with E-state index < -0.39 is 6.10 Å². The van der Waals surface area contributed by atoms with Gasteiger partial charge in [-0.15, -0.1) is 0 Å². The molecule has 2 aromatic rings. The third kappa shape index (κ3) is 3.41. The molecule has 0 spiro atoms.